The zero-order valence-corrected chi connectivity index (χ0v) is 19.0. The second kappa shape index (κ2) is 10.8. The summed E-state index contributed by atoms with van der Waals surface area (Å²) < 4.78 is 2.19. The maximum absolute atomic E-state index is 12.8. The van der Waals surface area contributed by atoms with Crippen molar-refractivity contribution in [3.63, 3.8) is 0 Å². The number of para-hydroxylation sites is 1. The fourth-order valence-electron chi connectivity index (χ4n) is 3.89. The van der Waals surface area contributed by atoms with E-state index in [1.165, 1.54) is 10.9 Å². The van der Waals surface area contributed by atoms with E-state index in [1.807, 2.05) is 42.5 Å². The Morgan fingerprint density at radius 2 is 1.61 bits per heavy atom. The largest absolute Gasteiger partial charge is 0.356 e. The zero-order valence-electron chi connectivity index (χ0n) is 18.2. The van der Waals surface area contributed by atoms with Crippen molar-refractivity contribution in [1.29, 1.82) is 0 Å². The summed E-state index contributed by atoms with van der Waals surface area (Å²) in [5.74, 6) is -0.414. The first kappa shape index (κ1) is 22.6. The number of hydrogen-bond acceptors (Lipinski definition) is 2. The highest BCUT2D eigenvalue weighted by atomic mass is 35.5. The summed E-state index contributed by atoms with van der Waals surface area (Å²) in [4.78, 5) is 25.5. The van der Waals surface area contributed by atoms with E-state index in [0.29, 0.717) is 17.1 Å². The smallest absolute Gasteiger partial charge is 0.253 e. The molecule has 1 atom stereocenters. The van der Waals surface area contributed by atoms with Crippen LogP contribution in [-0.2, 0) is 11.3 Å². The highest BCUT2D eigenvalue weighted by Gasteiger charge is 2.20. The van der Waals surface area contributed by atoms with Crippen LogP contribution in [0.3, 0.4) is 0 Å². The molecule has 0 aliphatic rings. The number of amides is 2. The third kappa shape index (κ3) is 5.82. The molecule has 0 saturated heterocycles. The SMILES string of the molecule is O=C(C[C@@H](NC(=O)c1ccccc1Cl)c1ccccc1)NCCCn1ccc2ccccc21. The van der Waals surface area contributed by atoms with Gasteiger partial charge in [0.25, 0.3) is 5.91 Å². The molecule has 6 heteroatoms. The van der Waals surface area contributed by atoms with E-state index in [2.05, 4.69) is 39.6 Å². The van der Waals surface area contributed by atoms with Crippen LogP contribution < -0.4 is 10.6 Å². The number of carbonyl (C=O) groups excluding carboxylic acids is 2. The van der Waals surface area contributed by atoms with Crippen molar-refractivity contribution in [2.75, 3.05) is 6.54 Å². The molecule has 2 amide bonds. The van der Waals surface area contributed by atoms with Crippen LogP contribution in [0.1, 0.15) is 34.8 Å². The summed E-state index contributed by atoms with van der Waals surface area (Å²) in [5, 5.41) is 7.54. The number of rotatable bonds is 9. The molecular formula is C27H26ClN3O2. The Morgan fingerprint density at radius 1 is 0.879 bits per heavy atom. The van der Waals surface area contributed by atoms with Gasteiger partial charge in [-0.25, -0.2) is 0 Å². The van der Waals surface area contributed by atoms with Gasteiger partial charge >= 0.3 is 0 Å². The van der Waals surface area contributed by atoms with Crippen molar-refractivity contribution in [1.82, 2.24) is 15.2 Å². The number of aryl methyl sites for hydroxylation is 1. The Balaban J connectivity index is 1.34. The van der Waals surface area contributed by atoms with Gasteiger partial charge in [0.05, 0.1) is 23.0 Å². The maximum atomic E-state index is 12.8. The number of carbonyl (C=O) groups is 2. The van der Waals surface area contributed by atoms with Gasteiger partial charge in [-0.05, 0) is 41.6 Å². The molecule has 4 aromatic rings. The van der Waals surface area contributed by atoms with Crippen molar-refractivity contribution in [2.24, 2.45) is 0 Å². The monoisotopic (exact) mass is 459 g/mol. The Morgan fingerprint density at radius 3 is 2.42 bits per heavy atom. The fourth-order valence-corrected chi connectivity index (χ4v) is 4.11. The Bertz CT molecular complexity index is 1240. The van der Waals surface area contributed by atoms with Gasteiger partial charge in [0, 0.05) is 24.8 Å². The molecule has 1 aromatic heterocycles. The summed E-state index contributed by atoms with van der Waals surface area (Å²) in [5.41, 5.74) is 2.45. The molecule has 1 heterocycles. The first-order chi connectivity index (χ1) is 16.1. The Hall–Kier alpha value is -3.57. The van der Waals surface area contributed by atoms with Gasteiger partial charge in [-0.2, -0.15) is 0 Å². The van der Waals surface area contributed by atoms with Crippen LogP contribution in [0.2, 0.25) is 5.02 Å². The minimum absolute atomic E-state index is 0.110. The molecule has 0 spiro atoms. The van der Waals surface area contributed by atoms with E-state index in [0.717, 1.165) is 18.5 Å². The van der Waals surface area contributed by atoms with Gasteiger partial charge in [0.2, 0.25) is 5.91 Å². The molecule has 0 aliphatic carbocycles. The van der Waals surface area contributed by atoms with Gasteiger partial charge in [0.15, 0.2) is 0 Å². The molecule has 0 bridgehead atoms. The van der Waals surface area contributed by atoms with E-state index >= 15 is 0 Å². The predicted octanol–water partition coefficient (Wildman–Crippen LogP) is 5.36. The number of hydrogen-bond donors (Lipinski definition) is 2. The minimum Gasteiger partial charge on any atom is -0.356 e. The molecule has 33 heavy (non-hydrogen) atoms. The van der Waals surface area contributed by atoms with Crippen molar-refractivity contribution >= 4 is 34.3 Å². The molecule has 5 nitrogen and oxygen atoms in total. The molecule has 2 N–H and O–H groups in total. The quantitative estimate of drug-likeness (QED) is 0.331. The summed E-state index contributed by atoms with van der Waals surface area (Å²) in [6.07, 6.45) is 3.03. The number of nitrogens with zero attached hydrogens (tertiary/aromatic N) is 1. The molecule has 0 aliphatic heterocycles. The Labute approximate surface area is 198 Å². The highest BCUT2D eigenvalue weighted by Crippen LogP contribution is 2.20. The van der Waals surface area contributed by atoms with Crippen molar-refractivity contribution in [2.45, 2.75) is 25.4 Å². The lowest BCUT2D eigenvalue weighted by Crippen LogP contribution is -2.34. The van der Waals surface area contributed by atoms with Crippen LogP contribution in [0.15, 0.2) is 91.1 Å². The fraction of sp³-hybridized carbons (Fsp3) is 0.185. The number of halogens is 1. The molecule has 3 aromatic carbocycles. The normalized spacial score (nSPS) is 11.8. The van der Waals surface area contributed by atoms with Gasteiger partial charge in [-0.3, -0.25) is 9.59 Å². The number of benzene rings is 3. The molecule has 0 saturated carbocycles. The summed E-state index contributed by atoms with van der Waals surface area (Å²) in [6.45, 7) is 1.38. The molecule has 4 rings (SSSR count). The minimum atomic E-state index is -0.455. The first-order valence-corrected chi connectivity index (χ1v) is 11.4. The van der Waals surface area contributed by atoms with Gasteiger partial charge in [-0.15, -0.1) is 0 Å². The summed E-state index contributed by atoms with van der Waals surface area (Å²) in [7, 11) is 0. The standard InChI is InChI=1S/C27H26ClN3O2/c28-23-13-6-5-12-22(23)27(33)30-24(20-9-2-1-3-10-20)19-26(32)29-16-8-17-31-18-15-21-11-4-7-14-25(21)31/h1-7,9-15,18,24H,8,16-17,19H2,(H,29,32)(H,30,33)/t24-/m1/s1. The zero-order chi connectivity index (χ0) is 23.0. The highest BCUT2D eigenvalue weighted by molar-refractivity contribution is 6.33. The molecule has 0 fully saturated rings. The maximum Gasteiger partial charge on any atom is 0.253 e. The summed E-state index contributed by atoms with van der Waals surface area (Å²) in [6, 6.07) is 26.3. The van der Waals surface area contributed by atoms with Crippen molar-refractivity contribution in [3.05, 3.63) is 107 Å². The van der Waals surface area contributed by atoms with Crippen molar-refractivity contribution in [3.8, 4) is 0 Å². The van der Waals surface area contributed by atoms with E-state index in [9.17, 15) is 9.59 Å². The number of aromatic nitrogens is 1. The van der Waals surface area contributed by atoms with Crippen LogP contribution in [0.5, 0.6) is 0 Å². The molecule has 168 valence electrons. The second-order valence-electron chi connectivity index (χ2n) is 7.89. The molecular weight excluding hydrogens is 434 g/mol. The lowest BCUT2D eigenvalue weighted by molar-refractivity contribution is -0.121. The van der Waals surface area contributed by atoms with Crippen LogP contribution in [0.25, 0.3) is 10.9 Å². The van der Waals surface area contributed by atoms with Crippen molar-refractivity contribution < 1.29 is 9.59 Å². The van der Waals surface area contributed by atoms with Crippen LogP contribution in [0, 0.1) is 0 Å². The van der Waals surface area contributed by atoms with Crippen LogP contribution in [-0.4, -0.2) is 22.9 Å². The second-order valence-corrected chi connectivity index (χ2v) is 8.30. The lowest BCUT2D eigenvalue weighted by atomic mass is 10.0. The van der Waals surface area contributed by atoms with E-state index in [1.54, 1.807) is 24.3 Å². The molecule has 0 unspecified atom stereocenters. The number of nitrogens with one attached hydrogen (secondary N) is 2. The third-order valence-electron chi connectivity index (χ3n) is 5.59. The Kier molecular flexibility index (Phi) is 7.43. The average Bonchev–Trinajstić information content (AvgIpc) is 3.25. The number of fused-ring (bicyclic) bond motifs is 1. The summed E-state index contributed by atoms with van der Waals surface area (Å²) >= 11 is 6.18. The van der Waals surface area contributed by atoms with Crippen LogP contribution >= 0.6 is 11.6 Å². The first-order valence-electron chi connectivity index (χ1n) is 11.0. The van der Waals surface area contributed by atoms with E-state index in [4.69, 9.17) is 11.6 Å². The predicted molar refractivity (Wildman–Crippen MR) is 132 cm³/mol. The van der Waals surface area contributed by atoms with Gasteiger partial charge < -0.3 is 15.2 Å². The van der Waals surface area contributed by atoms with E-state index < -0.39 is 6.04 Å². The van der Waals surface area contributed by atoms with Gasteiger partial charge in [-0.1, -0.05) is 72.3 Å². The van der Waals surface area contributed by atoms with Crippen LogP contribution in [0.4, 0.5) is 0 Å². The average molecular weight is 460 g/mol. The lowest BCUT2D eigenvalue weighted by Gasteiger charge is -2.19. The third-order valence-corrected chi connectivity index (χ3v) is 5.92. The molecule has 0 radical (unpaired) electrons. The van der Waals surface area contributed by atoms with Gasteiger partial charge in [0.1, 0.15) is 0 Å². The van der Waals surface area contributed by atoms with E-state index in [-0.39, 0.29) is 18.2 Å². The topological polar surface area (TPSA) is 63.1 Å².